The third kappa shape index (κ3) is 10.3. The largest absolute Gasteiger partial charge is 0.358 e. The van der Waals surface area contributed by atoms with E-state index in [2.05, 4.69) is 13.8 Å². The van der Waals surface area contributed by atoms with Crippen LogP contribution in [0.2, 0.25) is 0 Å². The minimum atomic E-state index is 0. The average molecular weight is 420 g/mol. The summed E-state index contributed by atoms with van der Waals surface area (Å²) in [5.74, 6) is 0.435. The number of carbonyl (C=O) groups is 1. The van der Waals surface area contributed by atoms with E-state index in [4.69, 9.17) is 0 Å². The Hall–Kier alpha value is -1.72. The van der Waals surface area contributed by atoms with Crippen molar-refractivity contribution in [3.63, 3.8) is 0 Å². The second-order valence-electron chi connectivity index (χ2n) is 2.69. The van der Waals surface area contributed by atoms with Crippen molar-refractivity contribution in [1.82, 2.24) is 0 Å². The van der Waals surface area contributed by atoms with E-state index in [0.29, 0.717) is 5.78 Å². The van der Waals surface area contributed by atoms with Crippen LogP contribution in [-0.4, -0.2) is 5.78 Å². The molecule has 1 radical (unpaired) electrons. The van der Waals surface area contributed by atoms with Gasteiger partial charge in [0.05, 0.1) is 0 Å². The summed E-state index contributed by atoms with van der Waals surface area (Å²) in [5, 5.41) is 0. The molecule has 1 saturated carbocycles. The molecule has 0 amide bonds. The van der Waals surface area contributed by atoms with E-state index in [9.17, 15) is 4.79 Å². The fourth-order valence-electron chi connectivity index (χ4n) is 0.525. The quantitative estimate of drug-likeness (QED) is 0.595. The Morgan fingerprint density at radius 1 is 1.54 bits per heavy atom. The molecule has 0 saturated heterocycles. The fourth-order valence-corrected chi connectivity index (χ4v) is 0.525. The van der Waals surface area contributed by atoms with Crippen LogP contribution >= 0.6 is 0 Å². The van der Waals surface area contributed by atoms with Gasteiger partial charge in [-0.15, -0.1) is 6.92 Å². The van der Waals surface area contributed by atoms with Gasteiger partial charge < -0.3 is 7.43 Å². The van der Waals surface area contributed by atoms with Gasteiger partial charge in [-0.2, -0.15) is 0 Å². The summed E-state index contributed by atoms with van der Waals surface area (Å²) < 4.78 is 0. The van der Waals surface area contributed by atoms with Gasteiger partial charge in [-0.1, -0.05) is 13.3 Å². The Balaban J connectivity index is -0.000000134. The van der Waals surface area contributed by atoms with Gasteiger partial charge in [0.15, 0.2) is 0 Å². The Morgan fingerprint density at radius 2 is 1.92 bits per heavy atom. The molecule has 1 aliphatic rings. The molecule has 2 heteroatoms. The number of carbonyl (C=O) groups excluding carboxylic acids is 1. The second-order valence-corrected chi connectivity index (χ2v) is 2.69. The van der Waals surface area contributed by atoms with E-state index < -0.39 is 0 Å². The second kappa shape index (κ2) is 10.3. The molecule has 0 atom stereocenters. The van der Waals surface area contributed by atoms with Crippen molar-refractivity contribution in [1.29, 1.82) is 0 Å². The van der Waals surface area contributed by atoms with E-state index >= 15 is 0 Å². The molecular weight excluding hydrogens is 400 g/mol. The van der Waals surface area contributed by atoms with Gasteiger partial charge in [0, 0.05) is 12.8 Å². The maximum Gasteiger partial charge on any atom is 0.132 e. The van der Waals surface area contributed by atoms with Crippen LogP contribution in [0.5, 0.6) is 0 Å². The third-order valence-electron chi connectivity index (χ3n) is 1.77. The first-order chi connectivity index (χ1) is 5.20. The first kappa shape index (κ1) is 17.4. The predicted octanol–water partition coefficient (Wildman–Crippen LogP) is 3.37. The topological polar surface area (TPSA) is 17.1 Å². The molecule has 0 aromatic rings. The third-order valence-corrected chi connectivity index (χ3v) is 1.77. The van der Waals surface area contributed by atoms with Crippen molar-refractivity contribution < 1.29 is 4.79 Å². The molecule has 0 heterocycles. The van der Waals surface area contributed by atoms with Crippen LogP contribution in [0.3, 0.4) is 0 Å². The van der Waals surface area contributed by atoms with Crippen molar-refractivity contribution in [2.75, 3.05) is 0 Å². The summed E-state index contributed by atoms with van der Waals surface area (Å²) in [5.41, 5.74) is 1.22. The van der Waals surface area contributed by atoms with Crippen LogP contribution < -0.4 is 0 Å². The first-order valence-corrected chi connectivity index (χ1v) is 4.19. The van der Waals surface area contributed by atoms with Crippen molar-refractivity contribution in [2.24, 2.45) is 0 Å². The summed E-state index contributed by atoms with van der Waals surface area (Å²) >= 11 is 0. The molecule has 0 aliphatic heterocycles. The number of Topliss-reactive ketones (excluding diaryl/α,β-unsaturated/α-hetero) is 1. The van der Waals surface area contributed by atoms with Gasteiger partial charge in [0.25, 0.3) is 0 Å². The van der Waals surface area contributed by atoms with Crippen molar-refractivity contribution in [3.8, 4) is 0 Å². The SMILES string of the molecule is O=C1CCC1.[CH2-]/C(=C\C)CC.[CH3-].[Es]. The molecule has 1 nitrogen and oxygen atoms in total. The van der Waals surface area contributed by atoms with Gasteiger partial charge in [0.2, 0.25) is 0 Å². The summed E-state index contributed by atoms with van der Waals surface area (Å²) in [4.78, 5) is 9.90. The van der Waals surface area contributed by atoms with Crippen LogP contribution in [0.4, 0.5) is 0 Å². The molecule has 0 aromatic carbocycles. The van der Waals surface area contributed by atoms with E-state index in [1.54, 1.807) is 0 Å². The number of rotatable bonds is 1. The van der Waals surface area contributed by atoms with Crippen molar-refractivity contribution in [2.45, 2.75) is 39.5 Å². The van der Waals surface area contributed by atoms with E-state index in [1.165, 1.54) is 5.57 Å². The van der Waals surface area contributed by atoms with Crippen LogP contribution in [0.25, 0.3) is 0 Å². The maximum atomic E-state index is 9.90. The van der Waals surface area contributed by atoms with Gasteiger partial charge >= 0.3 is 0 Å². The molecule has 0 aromatic heterocycles. The monoisotopic (exact) mass is 420 g/mol. The molecule has 0 unspecified atom stereocenters. The average Bonchev–Trinajstić information content (AvgIpc) is 2.00. The van der Waals surface area contributed by atoms with Gasteiger partial charge in [-0.25, -0.2) is 18.6 Å². The summed E-state index contributed by atoms with van der Waals surface area (Å²) in [6.07, 6.45) is 5.94. The smallest absolute Gasteiger partial charge is 0.132 e. The number of hydrogen-bond donors (Lipinski definition) is 0. The van der Waals surface area contributed by atoms with Gasteiger partial charge in [-0.05, 0) is 6.42 Å². The minimum absolute atomic E-state index is 0. The zero-order chi connectivity index (χ0) is 8.69. The number of hydrogen-bond acceptors (Lipinski definition) is 1. The molecule has 0 N–H and O–H groups in total. The van der Waals surface area contributed by atoms with Crippen LogP contribution in [0.15, 0.2) is 11.6 Å². The van der Waals surface area contributed by atoms with Gasteiger partial charge in [0.1, 0.15) is 5.78 Å². The summed E-state index contributed by atoms with van der Waals surface area (Å²) in [7, 11) is 0. The zero-order valence-electron chi connectivity index (χ0n) is 8.82. The standard InChI is InChI=1S/C6H11.C4H6O.CH3.Es/c1-4-6(3)5-2;5-4-2-1-3-4;;/h4H,3,5H2,1-2H3;1-3H2;1H3;/q-1;;-1;/b6-4+;;;. The molecule has 1 aliphatic carbocycles. The van der Waals surface area contributed by atoms with Gasteiger partial charge in [-0.3, -0.25) is 4.79 Å². The maximum absolute atomic E-state index is 9.90. The molecule has 13 heavy (non-hydrogen) atoms. The molecule has 1 rings (SSSR count). The first-order valence-electron chi connectivity index (χ1n) is 4.19. The van der Waals surface area contributed by atoms with E-state index in [0.717, 1.165) is 25.7 Å². The van der Waals surface area contributed by atoms with Crippen LogP contribution in [-0.2, 0) is 4.79 Å². The Kier molecular flexibility index (Phi) is 13.7. The van der Waals surface area contributed by atoms with E-state index in [-0.39, 0.29) is 7.43 Å². The molecule has 0 spiro atoms. The molecule has 83 valence electrons. The Morgan fingerprint density at radius 3 is 1.92 bits per heavy atom. The summed E-state index contributed by atoms with van der Waals surface area (Å²) in [6.45, 7) is 7.84. The Bertz CT molecular complexity index is 144. The number of allylic oxidation sites excluding steroid dienone is 2. The van der Waals surface area contributed by atoms with Crippen LogP contribution in [0.1, 0.15) is 39.5 Å². The van der Waals surface area contributed by atoms with Crippen LogP contribution in [0, 0.1) is 14.4 Å². The zero-order valence-corrected chi connectivity index (χ0v) is 11.3. The molecular formula is C11H20EsO-2. The normalized spacial score (nSPS) is 14.0. The van der Waals surface area contributed by atoms with Crippen molar-refractivity contribution in [3.05, 3.63) is 26.0 Å². The minimum Gasteiger partial charge on any atom is -0.358 e. The van der Waals surface area contributed by atoms with E-state index in [1.807, 2.05) is 13.0 Å². The number of ketones is 1. The summed E-state index contributed by atoms with van der Waals surface area (Å²) in [6, 6.07) is 0. The Labute approximate surface area is 76.9 Å². The molecule has 0 bridgehead atoms. The fraction of sp³-hybridized carbons (Fsp3) is 0.545. The predicted molar refractivity (Wildman–Crippen MR) is 54.7 cm³/mol. The van der Waals surface area contributed by atoms with Crippen molar-refractivity contribution >= 4 is 5.78 Å². The molecule has 1 fully saturated rings.